The van der Waals surface area contributed by atoms with Crippen molar-refractivity contribution in [3.05, 3.63) is 240 Å². The minimum Gasteiger partial charge on any atom is -0.383 e. The van der Waals surface area contributed by atoms with E-state index in [1.165, 1.54) is 0 Å². The van der Waals surface area contributed by atoms with Gasteiger partial charge >= 0.3 is 12.4 Å². The van der Waals surface area contributed by atoms with Crippen molar-refractivity contribution in [2.24, 2.45) is 5.73 Å². The standard InChI is InChI=1S/C22H17ClF3N5.C22H20ClN5.C17H15ClN2.C5HCl2F3N2/c1-12-5-4-6-13-9-14(19(30-18(12)13)15-7-2-3-8-17(15)23)10-28-20-16(22(24,25)26)11-29-21(27)31-20;1-13-6-5-7-15-10-16(12-26-22-25-11-14(2)21(24)28-22)20(27-19(13)15)17-8-3-4-9-18(17)23;1-11-5-4-6-12-9-13(10-19)17(20-16(11)12)14-7-2-3-8-15(14)18;6-3-2(5(8,9)10)1-11-4(7)12-3/h2-9,11H,10H2,1H3,(H3,27,28,29,31);3-11H,12H2,1-2H3,(H3,24,25,26,28);2-9H,10,19H2,1H3;1H. The number of nitrogens with zero attached hydrogens (tertiary/aromatic N) is 9. The van der Waals surface area contributed by atoms with Gasteiger partial charge in [-0.1, -0.05) is 156 Å². The number of anilines is 4. The molecule has 0 radical (unpaired) electrons. The zero-order chi connectivity index (χ0) is 65.3. The summed E-state index contributed by atoms with van der Waals surface area (Å²) in [5.74, 6) is 0.303. The van der Waals surface area contributed by atoms with E-state index in [0.29, 0.717) is 69.1 Å². The van der Waals surface area contributed by atoms with Gasteiger partial charge in [-0.15, -0.1) is 0 Å². The van der Waals surface area contributed by atoms with Gasteiger partial charge in [0.15, 0.2) is 0 Å². The van der Waals surface area contributed by atoms with E-state index in [2.05, 4.69) is 90.8 Å². The number of para-hydroxylation sites is 3. The highest BCUT2D eigenvalue weighted by Crippen LogP contribution is 2.38. The Morgan fingerprint density at radius 3 is 1.26 bits per heavy atom. The van der Waals surface area contributed by atoms with Crippen molar-refractivity contribution in [1.29, 1.82) is 0 Å². The largest absolute Gasteiger partial charge is 0.421 e. The van der Waals surface area contributed by atoms with Crippen LogP contribution in [-0.2, 0) is 32.0 Å². The molecule has 0 amide bonds. The highest BCUT2D eigenvalue weighted by Gasteiger charge is 2.36. The van der Waals surface area contributed by atoms with Gasteiger partial charge in [0.1, 0.15) is 27.9 Å². The van der Waals surface area contributed by atoms with Gasteiger partial charge in [0, 0.05) is 91.7 Å². The topological polar surface area (TPSA) is 218 Å². The summed E-state index contributed by atoms with van der Waals surface area (Å²) in [5, 5.41) is 9.92. The van der Waals surface area contributed by atoms with Gasteiger partial charge in [0.05, 0.1) is 33.6 Å². The predicted octanol–water partition coefficient (Wildman–Crippen LogP) is 18.1. The molecule has 0 saturated carbocycles. The molecule has 91 heavy (non-hydrogen) atoms. The van der Waals surface area contributed by atoms with Crippen molar-refractivity contribution >= 4 is 114 Å². The summed E-state index contributed by atoms with van der Waals surface area (Å²) in [6.45, 7) is 8.92. The summed E-state index contributed by atoms with van der Waals surface area (Å²) < 4.78 is 76.0. The lowest BCUT2D eigenvalue weighted by Crippen LogP contribution is -2.15. The minimum atomic E-state index is -4.62. The molecule has 0 aliphatic heterocycles. The average molecular weight is 1330 g/mol. The quantitative estimate of drug-likeness (QED) is 0.0489. The Labute approximate surface area is 543 Å². The summed E-state index contributed by atoms with van der Waals surface area (Å²) in [6.07, 6.45) is -6.25. The molecule has 464 valence electrons. The second kappa shape index (κ2) is 28.9. The van der Waals surface area contributed by atoms with Crippen molar-refractivity contribution in [2.75, 3.05) is 22.1 Å². The Morgan fingerprint density at radius 2 is 0.846 bits per heavy atom. The van der Waals surface area contributed by atoms with Gasteiger partial charge < -0.3 is 27.8 Å². The van der Waals surface area contributed by atoms with E-state index in [0.717, 1.165) is 88.6 Å². The molecule has 14 nitrogen and oxygen atoms in total. The molecular weight excluding hydrogens is 1280 g/mol. The maximum Gasteiger partial charge on any atom is 0.421 e. The third-order valence-electron chi connectivity index (χ3n) is 14.0. The molecule has 25 heteroatoms. The first-order valence-electron chi connectivity index (χ1n) is 27.5. The van der Waals surface area contributed by atoms with E-state index < -0.39 is 34.5 Å². The van der Waals surface area contributed by atoms with Gasteiger partial charge in [-0.2, -0.15) is 36.3 Å². The number of hydrogen-bond acceptors (Lipinski definition) is 14. The fourth-order valence-corrected chi connectivity index (χ4v) is 10.5. The van der Waals surface area contributed by atoms with Gasteiger partial charge in [-0.25, -0.2) is 34.9 Å². The fraction of sp³-hybridized carbons (Fsp3) is 0.136. The molecule has 0 aliphatic carbocycles. The second-order valence-electron chi connectivity index (χ2n) is 20.4. The van der Waals surface area contributed by atoms with Crippen LogP contribution in [-0.4, -0.2) is 44.9 Å². The first kappa shape index (κ1) is 66.4. The number of pyridine rings is 3. The van der Waals surface area contributed by atoms with Crippen molar-refractivity contribution in [2.45, 2.75) is 59.7 Å². The number of fused-ring (bicyclic) bond motifs is 3. The number of aromatic nitrogens is 9. The number of benzene rings is 6. The van der Waals surface area contributed by atoms with E-state index >= 15 is 0 Å². The Kier molecular flexibility index (Phi) is 21.1. The molecule has 0 spiro atoms. The third-order valence-corrected chi connectivity index (χ3v) is 15.5. The Balaban J connectivity index is 0.000000151. The molecule has 6 aromatic carbocycles. The van der Waals surface area contributed by atoms with Gasteiger partial charge in [-0.05, 0) is 109 Å². The third kappa shape index (κ3) is 16.1. The molecule has 0 bridgehead atoms. The Morgan fingerprint density at radius 1 is 0.429 bits per heavy atom. The lowest BCUT2D eigenvalue weighted by molar-refractivity contribution is -0.138. The molecule has 0 fully saturated rings. The zero-order valence-electron chi connectivity index (χ0n) is 48.6. The molecule has 12 rings (SSSR count). The summed E-state index contributed by atoms with van der Waals surface area (Å²) >= 11 is 29.5. The predicted molar refractivity (Wildman–Crippen MR) is 353 cm³/mol. The molecule has 12 aromatic rings. The van der Waals surface area contributed by atoms with Crippen LogP contribution in [0.2, 0.25) is 25.5 Å². The van der Waals surface area contributed by atoms with Crippen LogP contribution in [0.4, 0.5) is 49.9 Å². The van der Waals surface area contributed by atoms with Crippen molar-refractivity contribution in [3.63, 3.8) is 0 Å². The van der Waals surface area contributed by atoms with Crippen LogP contribution in [0.25, 0.3) is 66.5 Å². The van der Waals surface area contributed by atoms with Crippen LogP contribution in [0.5, 0.6) is 0 Å². The number of alkyl halides is 6. The lowest BCUT2D eigenvalue weighted by atomic mass is 10.0. The maximum atomic E-state index is 13.4. The highest BCUT2D eigenvalue weighted by molar-refractivity contribution is 6.34. The smallest absolute Gasteiger partial charge is 0.383 e. The SMILES string of the molecule is Cc1cccc2cc(CN)c(-c3ccccc3Cl)nc12.Cc1cccc2cc(CNc3nc(N)ncc3C(F)(F)F)c(-c3ccccc3Cl)nc12.Cc1cnc(NCc2cc3cccc(C)c3nc2-c2ccccc2Cl)nc1N.FC(F)(F)c1cnc(Cl)nc1Cl. The van der Waals surface area contributed by atoms with Crippen LogP contribution in [0.15, 0.2) is 164 Å². The van der Waals surface area contributed by atoms with Gasteiger partial charge in [0.2, 0.25) is 17.2 Å². The zero-order valence-corrected chi connectivity index (χ0v) is 52.4. The number of hydrogen-bond donors (Lipinski definition) is 5. The van der Waals surface area contributed by atoms with Crippen molar-refractivity contribution in [3.8, 4) is 33.8 Å². The van der Waals surface area contributed by atoms with E-state index in [4.69, 9.17) is 90.2 Å². The number of nitrogens with one attached hydrogen (secondary N) is 2. The van der Waals surface area contributed by atoms with E-state index in [9.17, 15) is 26.3 Å². The Hall–Kier alpha value is -9.02. The van der Waals surface area contributed by atoms with E-state index in [1.54, 1.807) is 18.3 Å². The van der Waals surface area contributed by atoms with Crippen molar-refractivity contribution < 1.29 is 26.3 Å². The molecule has 6 aromatic heterocycles. The van der Waals surface area contributed by atoms with Crippen LogP contribution in [0.3, 0.4) is 0 Å². The number of nitrogen functional groups attached to an aromatic ring is 2. The van der Waals surface area contributed by atoms with Crippen LogP contribution in [0, 0.1) is 27.7 Å². The Bertz CT molecular complexity index is 4630. The van der Waals surface area contributed by atoms with E-state index in [1.807, 2.05) is 111 Å². The normalized spacial score (nSPS) is 11.3. The fourth-order valence-electron chi connectivity index (χ4n) is 9.42. The monoisotopic (exact) mass is 1330 g/mol. The van der Waals surface area contributed by atoms with Crippen LogP contribution < -0.4 is 27.8 Å². The first-order valence-corrected chi connectivity index (χ1v) is 29.4. The minimum absolute atomic E-state index is 0.0248. The first-order chi connectivity index (χ1) is 43.4. The van der Waals surface area contributed by atoms with Crippen molar-refractivity contribution in [1.82, 2.24) is 44.9 Å². The number of nitrogens with two attached hydrogens (primary N) is 3. The molecule has 0 unspecified atom stereocenters. The summed E-state index contributed by atoms with van der Waals surface area (Å²) in [6, 6.07) is 46.9. The molecule has 0 saturated heterocycles. The molecule has 0 aliphatic rings. The molecule has 6 heterocycles. The second-order valence-corrected chi connectivity index (χ2v) is 22.3. The average Bonchev–Trinajstić information content (AvgIpc) is 0.826. The number of rotatable bonds is 10. The van der Waals surface area contributed by atoms with Crippen LogP contribution >= 0.6 is 58.0 Å². The van der Waals surface area contributed by atoms with Gasteiger partial charge in [0.25, 0.3) is 0 Å². The number of aryl methyl sites for hydroxylation is 4. The molecule has 0 atom stereocenters. The van der Waals surface area contributed by atoms with Gasteiger partial charge in [-0.3, -0.25) is 0 Å². The van der Waals surface area contributed by atoms with E-state index in [-0.39, 0.29) is 17.8 Å². The molecular formula is C66H53Cl5F6N14. The highest BCUT2D eigenvalue weighted by atomic mass is 35.5. The maximum absolute atomic E-state index is 13.4. The van der Waals surface area contributed by atoms with Crippen LogP contribution in [0.1, 0.15) is 50.1 Å². The summed E-state index contributed by atoms with van der Waals surface area (Å²) in [5.41, 5.74) is 29.6. The summed E-state index contributed by atoms with van der Waals surface area (Å²) in [7, 11) is 0. The molecule has 8 N–H and O–H groups in total. The lowest BCUT2D eigenvalue weighted by Gasteiger charge is -2.16. The summed E-state index contributed by atoms with van der Waals surface area (Å²) in [4.78, 5) is 36.7. The number of halogens is 11.